The van der Waals surface area contributed by atoms with E-state index in [0.717, 1.165) is 31.6 Å². The van der Waals surface area contributed by atoms with Gasteiger partial charge in [-0.1, -0.05) is 112 Å². The minimum absolute atomic E-state index is 0.0517. The Bertz CT molecular complexity index is 1230. The van der Waals surface area contributed by atoms with Crippen molar-refractivity contribution in [2.75, 3.05) is 13.2 Å². The van der Waals surface area contributed by atoms with E-state index in [4.69, 9.17) is 18.0 Å². The Morgan fingerprint density at radius 2 is 1.28 bits per heavy atom. The highest BCUT2D eigenvalue weighted by Gasteiger charge is 2.51. The third-order valence-electron chi connectivity index (χ3n) is 15.5. The molecule has 316 valence electrons. The van der Waals surface area contributed by atoms with Crippen molar-refractivity contribution < 1.29 is 23.1 Å². The molecule has 0 aromatic carbocycles. The van der Waals surface area contributed by atoms with Gasteiger partial charge in [-0.05, 0) is 143 Å². The third-order valence-corrected chi connectivity index (χ3v) is 29.1. The van der Waals surface area contributed by atoms with Gasteiger partial charge in [-0.25, -0.2) is 0 Å². The summed E-state index contributed by atoms with van der Waals surface area (Å²) in [5.74, 6) is 2.13. The molecular weight excluding hydrogens is 717 g/mol. The molecule has 3 rings (SSSR count). The van der Waals surface area contributed by atoms with Crippen LogP contribution in [0.25, 0.3) is 0 Å². The zero-order chi connectivity index (χ0) is 41.3. The quantitative estimate of drug-likeness (QED) is 0.132. The average Bonchev–Trinajstić information content (AvgIpc) is 3.34. The highest BCUT2D eigenvalue weighted by molar-refractivity contribution is 6.75. The predicted molar refractivity (Wildman–Crippen MR) is 240 cm³/mol. The standard InChI is InChI=1S/C46H90O5Si3/c1-34(22-20-28-45(11,12)47)37-26-27-38-36(23-21-29-46(37,38)13)25-24-35-32-39(50-53(16,17)43(5,6)7)41(40(33-35)51-54(18,19)44(8,9)10)48-30-31-49-52(14,15)42(2,3)4/h24-25,34,37-41,47H,20-23,26-33H2,1-19H3/t34-,37?,38?,39+,40+,41?,46?/m0/s1. The Kier molecular flexibility index (Phi) is 15.8. The first-order valence-corrected chi connectivity index (χ1v) is 30.8. The minimum Gasteiger partial charge on any atom is -0.414 e. The molecule has 3 unspecified atom stereocenters. The second-order valence-electron chi connectivity index (χ2n) is 23.5. The summed E-state index contributed by atoms with van der Waals surface area (Å²) in [6, 6.07) is 0. The van der Waals surface area contributed by atoms with Crippen LogP contribution in [-0.2, 0) is 18.0 Å². The molecule has 5 nitrogen and oxygen atoms in total. The summed E-state index contributed by atoms with van der Waals surface area (Å²) < 4.78 is 28.3. The van der Waals surface area contributed by atoms with Gasteiger partial charge in [0.1, 0.15) is 6.10 Å². The van der Waals surface area contributed by atoms with Gasteiger partial charge in [0.2, 0.25) is 0 Å². The fourth-order valence-corrected chi connectivity index (χ4v) is 12.6. The minimum atomic E-state index is -2.12. The smallest absolute Gasteiger partial charge is 0.192 e. The van der Waals surface area contributed by atoms with Gasteiger partial charge in [0, 0.05) is 0 Å². The molecule has 3 aliphatic carbocycles. The first kappa shape index (κ1) is 48.3. The zero-order valence-electron chi connectivity index (χ0n) is 39.2. The van der Waals surface area contributed by atoms with Crippen molar-refractivity contribution in [2.24, 2.45) is 23.2 Å². The Hall–Kier alpha value is -0.0694. The van der Waals surface area contributed by atoms with Crippen molar-refractivity contribution in [2.45, 2.75) is 233 Å². The molecule has 54 heavy (non-hydrogen) atoms. The number of hydrogen-bond acceptors (Lipinski definition) is 5. The van der Waals surface area contributed by atoms with Crippen LogP contribution in [0.3, 0.4) is 0 Å². The molecule has 0 aliphatic heterocycles. The molecular formula is C46H90O5Si3. The number of allylic oxidation sites excluding steroid dienone is 3. The van der Waals surface area contributed by atoms with Crippen LogP contribution in [0.5, 0.6) is 0 Å². The normalized spacial score (nSPS) is 29.4. The van der Waals surface area contributed by atoms with Gasteiger partial charge in [-0.15, -0.1) is 0 Å². The van der Waals surface area contributed by atoms with Crippen molar-refractivity contribution in [1.82, 2.24) is 0 Å². The van der Waals surface area contributed by atoms with Crippen LogP contribution in [0, 0.1) is 23.2 Å². The van der Waals surface area contributed by atoms with Crippen molar-refractivity contribution in [3.8, 4) is 0 Å². The monoisotopic (exact) mass is 807 g/mol. The van der Waals surface area contributed by atoms with E-state index in [2.05, 4.69) is 128 Å². The summed E-state index contributed by atoms with van der Waals surface area (Å²) in [7, 11) is -6.12. The van der Waals surface area contributed by atoms with Gasteiger partial charge in [0.25, 0.3) is 0 Å². The molecule has 0 amide bonds. The first-order chi connectivity index (χ1) is 24.3. The van der Waals surface area contributed by atoms with E-state index in [1.807, 2.05) is 13.8 Å². The summed E-state index contributed by atoms with van der Waals surface area (Å²) in [6.45, 7) is 45.4. The van der Waals surface area contributed by atoms with E-state index >= 15 is 0 Å². The van der Waals surface area contributed by atoms with Crippen molar-refractivity contribution >= 4 is 25.0 Å². The SMILES string of the molecule is C[C@@H](CCCC(C)(C)O)C1CCC2C(=CC=C3C[C@@H](O[Si](C)(C)C(C)(C)C)C(OCCO[Si](C)(C)C(C)(C)C)[C@H](O[Si](C)(C)C(C)(C)C)C3)CCCC21C. The van der Waals surface area contributed by atoms with Gasteiger partial charge < -0.3 is 23.1 Å². The van der Waals surface area contributed by atoms with Crippen molar-refractivity contribution in [3.05, 3.63) is 23.3 Å². The fourth-order valence-electron chi connectivity index (χ4n) is 8.95. The van der Waals surface area contributed by atoms with Crippen LogP contribution < -0.4 is 0 Å². The number of ether oxygens (including phenoxy) is 1. The summed E-state index contributed by atoms with van der Waals surface area (Å²) in [5.41, 5.74) is 2.93. The lowest BCUT2D eigenvalue weighted by molar-refractivity contribution is -0.105. The van der Waals surface area contributed by atoms with E-state index in [1.54, 1.807) is 5.57 Å². The maximum absolute atomic E-state index is 10.3. The molecule has 0 aromatic heterocycles. The lowest BCUT2D eigenvalue weighted by Gasteiger charge is -2.48. The number of aliphatic hydroxyl groups is 1. The second-order valence-corrected chi connectivity index (χ2v) is 37.9. The van der Waals surface area contributed by atoms with E-state index in [-0.39, 0.29) is 33.4 Å². The Labute approximate surface area is 339 Å². The average molecular weight is 807 g/mol. The molecule has 0 radical (unpaired) electrons. The van der Waals surface area contributed by atoms with Crippen LogP contribution in [0.15, 0.2) is 23.3 Å². The van der Waals surface area contributed by atoms with Crippen molar-refractivity contribution in [3.63, 3.8) is 0 Å². The maximum Gasteiger partial charge on any atom is 0.192 e. The van der Waals surface area contributed by atoms with E-state index in [1.165, 1.54) is 44.1 Å². The van der Waals surface area contributed by atoms with Gasteiger partial charge in [0.05, 0.1) is 31.0 Å². The highest BCUT2D eigenvalue weighted by Crippen LogP contribution is 2.60. The number of rotatable bonds is 15. The molecule has 0 aromatic rings. The van der Waals surface area contributed by atoms with Crippen LogP contribution in [0.4, 0.5) is 0 Å². The largest absolute Gasteiger partial charge is 0.414 e. The van der Waals surface area contributed by atoms with Gasteiger partial charge in [0.15, 0.2) is 25.0 Å². The molecule has 0 heterocycles. The molecule has 6 atom stereocenters. The summed E-state index contributed by atoms with van der Waals surface area (Å²) in [6.07, 6.45) is 16.3. The molecule has 0 saturated heterocycles. The number of fused-ring (bicyclic) bond motifs is 1. The first-order valence-electron chi connectivity index (χ1n) is 22.0. The van der Waals surface area contributed by atoms with Crippen LogP contribution in [0.1, 0.15) is 154 Å². The lowest BCUT2D eigenvalue weighted by Crippen LogP contribution is -2.56. The molecule has 3 saturated carbocycles. The molecule has 1 N–H and O–H groups in total. The molecule has 0 spiro atoms. The maximum atomic E-state index is 10.3. The summed E-state index contributed by atoms with van der Waals surface area (Å²) in [5, 5.41) is 10.7. The predicted octanol–water partition coefficient (Wildman–Crippen LogP) is 13.6. The Balaban J connectivity index is 1.95. The number of hydrogen-bond donors (Lipinski definition) is 1. The summed E-state index contributed by atoms with van der Waals surface area (Å²) >= 11 is 0. The highest BCUT2D eigenvalue weighted by atomic mass is 28.4. The molecule has 3 fully saturated rings. The van der Waals surface area contributed by atoms with Crippen LogP contribution >= 0.6 is 0 Å². The molecule has 8 heteroatoms. The molecule has 0 bridgehead atoms. The Morgan fingerprint density at radius 3 is 1.76 bits per heavy atom. The molecule has 3 aliphatic rings. The van der Waals surface area contributed by atoms with E-state index < -0.39 is 30.6 Å². The van der Waals surface area contributed by atoms with Gasteiger partial charge >= 0.3 is 0 Å². The fraction of sp³-hybridized carbons (Fsp3) is 0.913. The van der Waals surface area contributed by atoms with Gasteiger partial charge in [-0.3, -0.25) is 0 Å². The Morgan fingerprint density at radius 1 is 0.759 bits per heavy atom. The zero-order valence-corrected chi connectivity index (χ0v) is 42.2. The van der Waals surface area contributed by atoms with Crippen LogP contribution in [0.2, 0.25) is 54.4 Å². The third kappa shape index (κ3) is 12.2. The van der Waals surface area contributed by atoms with E-state index in [0.29, 0.717) is 30.5 Å². The van der Waals surface area contributed by atoms with E-state index in [9.17, 15) is 5.11 Å². The lowest BCUT2D eigenvalue weighted by atomic mass is 9.60. The van der Waals surface area contributed by atoms with Gasteiger partial charge in [-0.2, -0.15) is 0 Å². The summed E-state index contributed by atoms with van der Waals surface area (Å²) in [4.78, 5) is 0. The van der Waals surface area contributed by atoms with Crippen molar-refractivity contribution in [1.29, 1.82) is 0 Å². The van der Waals surface area contributed by atoms with Crippen LogP contribution in [-0.4, -0.2) is 67.2 Å². The topological polar surface area (TPSA) is 57.2 Å². The second kappa shape index (κ2) is 17.6.